The zero-order valence-corrected chi connectivity index (χ0v) is 15.0. The molecule has 0 saturated heterocycles. The third kappa shape index (κ3) is 4.53. The van der Waals surface area contributed by atoms with Gasteiger partial charge in [0.25, 0.3) is 5.91 Å². The van der Waals surface area contributed by atoms with Crippen molar-refractivity contribution in [1.82, 2.24) is 5.32 Å². The van der Waals surface area contributed by atoms with E-state index in [1.54, 1.807) is 6.92 Å². The maximum absolute atomic E-state index is 12.0. The standard InChI is InChI=1S/C19H25NO3S/c1-13(19(22)20-16-7-2-3-8-16)23-18(21)12-24-17-10-9-14-5-4-6-15(14)11-17/h9-11,13,16H,2-8,12H2,1H3,(H,20,22)/t13-/m1/s1. The molecule has 1 atom stereocenters. The van der Waals surface area contributed by atoms with Crippen molar-refractivity contribution in [1.29, 1.82) is 0 Å². The van der Waals surface area contributed by atoms with Gasteiger partial charge < -0.3 is 10.1 Å². The number of carbonyl (C=O) groups is 2. The highest BCUT2D eigenvalue weighted by atomic mass is 32.2. The molecule has 130 valence electrons. The van der Waals surface area contributed by atoms with E-state index in [9.17, 15) is 9.59 Å². The first-order valence-corrected chi connectivity index (χ1v) is 9.85. The number of fused-ring (bicyclic) bond motifs is 1. The number of thioether (sulfide) groups is 1. The summed E-state index contributed by atoms with van der Waals surface area (Å²) in [4.78, 5) is 25.1. The molecule has 0 aliphatic heterocycles. The summed E-state index contributed by atoms with van der Waals surface area (Å²) in [7, 11) is 0. The first-order chi connectivity index (χ1) is 11.6. The number of ether oxygens (including phenoxy) is 1. The van der Waals surface area contributed by atoms with Crippen molar-refractivity contribution >= 4 is 23.6 Å². The van der Waals surface area contributed by atoms with Crippen LogP contribution >= 0.6 is 11.8 Å². The summed E-state index contributed by atoms with van der Waals surface area (Å²) in [6, 6.07) is 6.65. The fourth-order valence-corrected chi connectivity index (χ4v) is 4.20. The highest BCUT2D eigenvalue weighted by Gasteiger charge is 2.23. The van der Waals surface area contributed by atoms with Gasteiger partial charge in [-0.25, -0.2) is 0 Å². The van der Waals surface area contributed by atoms with E-state index >= 15 is 0 Å². The molecule has 1 aromatic carbocycles. The van der Waals surface area contributed by atoms with E-state index in [1.807, 2.05) is 0 Å². The number of nitrogens with one attached hydrogen (secondary N) is 1. The van der Waals surface area contributed by atoms with Crippen LogP contribution in [0.1, 0.15) is 50.2 Å². The molecule has 1 amide bonds. The number of hydrogen-bond donors (Lipinski definition) is 1. The van der Waals surface area contributed by atoms with Crippen molar-refractivity contribution in [3.05, 3.63) is 29.3 Å². The van der Waals surface area contributed by atoms with E-state index in [-0.39, 0.29) is 23.7 Å². The summed E-state index contributed by atoms with van der Waals surface area (Å²) in [6.45, 7) is 1.64. The third-order valence-corrected chi connectivity index (χ3v) is 5.77. The Labute approximate surface area is 147 Å². The normalized spacial score (nSPS) is 18.2. The maximum Gasteiger partial charge on any atom is 0.317 e. The lowest BCUT2D eigenvalue weighted by molar-refractivity contribution is -0.152. The first-order valence-electron chi connectivity index (χ1n) is 8.86. The van der Waals surface area contributed by atoms with Crippen LogP contribution in [-0.2, 0) is 27.2 Å². The molecule has 5 heteroatoms. The summed E-state index contributed by atoms with van der Waals surface area (Å²) < 4.78 is 5.27. The van der Waals surface area contributed by atoms with Crippen LogP contribution in [0, 0.1) is 0 Å². The van der Waals surface area contributed by atoms with Crippen LogP contribution in [0.25, 0.3) is 0 Å². The Morgan fingerprint density at radius 3 is 2.75 bits per heavy atom. The number of esters is 1. The number of aryl methyl sites for hydroxylation is 2. The molecule has 1 fully saturated rings. The highest BCUT2D eigenvalue weighted by molar-refractivity contribution is 8.00. The summed E-state index contributed by atoms with van der Waals surface area (Å²) in [5.41, 5.74) is 2.83. The zero-order chi connectivity index (χ0) is 16.9. The van der Waals surface area contributed by atoms with Gasteiger partial charge in [0.15, 0.2) is 6.10 Å². The molecule has 0 aromatic heterocycles. The number of rotatable bonds is 6. The Bertz CT molecular complexity index is 611. The lowest BCUT2D eigenvalue weighted by atomic mass is 10.1. The van der Waals surface area contributed by atoms with Gasteiger partial charge in [-0.2, -0.15) is 0 Å². The molecule has 0 radical (unpaired) electrons. The Morgan fingerprint density at radius 2 is 1.96 bits per heavy atom. The van der Waals surface area contributed by atoms with Gasteiger partial charge in [-0.3, -0.25) is 9.59 Å². The smallest absolute Gasteiger partial charge is 0.317 e. The van der Waals surface area contributed by atoms with Gasteiger partial charge in [-0.15, -0.1) is 11.8 Å². The Balaban J connectivity index is 1.42. The lowest BCUT2D eigenvalue weighted by Gasteiger charge is -2.17. The van der Waals surface area contributed by atoms with E-state index < -0.39 is 6.10 Å². The molecule has 0 heterocycles. The molecule has 0 unspecified atom stereocenters. The second kappa shape index (κ2) is 8.06. The van der Waals surface area contributed by atoms with Crippen molar-refractivity contribution in [3.63, 3.8) is 0 Å². The average molecular weight is 347 g/mol. The van der Waals surface area contributed by atoms with E-state index in [1.165, 1.54) is 29.3 Å². The number of benzene rings is 1. The quantitative estimate of drug-likeness (QED) is 0.634. The topological polar surface area (TPSA) is 55.4 Å². The van der Waals surface area contributed by atoms with Crippen molar-refractivity contribution in [2.45, 2.75) is 68.9 Å². The van der Waals surface area contributed by atoms with Crippen molar-refractivity contribution in [3.8, 4) is 0 Å². The van der Waals surface area contributed by atoms with Crippen LogP contribution in [0.2, 0.25) is 0 Å². The van der Waals surface area contributed by atoms with Crippen LogP contribution < -0.4 is 5.32 Å². The number of amides is 1. The molecule has 4 nitrogen and oxygen atoms in total. The van der Waals surface area contributed by atoms with E-state index in [0.29, 0.717) is 0 Å². The van der Waals surface area contributed by atoms with E-state index in [2.05, 4.69) is 23.5 Å². The first kappa shape index (κ1) is 17.3. The zero-order valence-electron chi connectivity index (χ0n) is 14.2. The summed E-state index contributed by atoms with van der Waals surface area (Å²) in [5.74, 6) is -0.285. The molecule has 1 saturated carbocycles. The van der Waals surface area contributed by atoms with Crippen LogP contribution in [0.4, 0.5) is 0 Å². The van der Waals surface area contributed by atoms with Crippen molar-refractivity contribution in [2.24, 2.45) is 0 Å². The number of carbonyl (C=O) groups excluding carboxylic acids is 2. The Hall–Kier alpha value is -1.49. The molecule has 2 aliphatic rings. The molecule has 0 bridgehead atoms. The Kier molecular flexibility index (Phi) is 5.82. The van der Waals surface area contributed by atoms with Crippen LogP contribution in [0.3, 0.4) is 0 Å². The van der Waals surface area contributed by atoms with E-state index in [0.717, 1.165) is 43.4 Å². The minimum Gasteiger partial charge on any atom is -0.452 e. The fourth-order valence-electron chi connectivity index (χ4n) is 3.45. The van der Waals surface area contributed by atoms with Gasteiger partial charge in [0.2, 0.25) is 0 Å². The molecule has 1 N–H and O–H groups in total. The summed E-state index contributed by atoms with van der Waals surface area (Å²) in [6.07, 6.45) is 7.18. The van der Waals surface area contributed by atoms with Gasteiger partial charge in [0, 0.05) is 10.9 Å². The monoisotopic (exact) mass is 347 g/mol. The number of hydrogen-bond acceptors (Lipinski definition) is 4. The third-order valence-electron chi connectivity index (χ3n) is 4.81. The maximum atomic E-state index is 12.0. The van der Waals surface area contributed by atoms with Crippen LogP contribution in [0.5, 0.6) is 0 Å². The summed E-state index contributed by atoms with van der Waals surface area (Å²) in [5, 5.41) is 2.96. The second-order valence-corrected chi connectivity index (χ2v) is 7.74. The Morgan fingerprint density at radius 1 is 1.21 bits per heavy atom. The van der Waals surface area contributed by atoms with Gasteiger partial charge >= 0.3 is 5.97 Å². The molecule has 2 aliphatic carbocycles. The van der Waals surface area contributed by atoms with Gasteiger partial charge in [-0.05, 0) is 62.3 Å². The van der Waals surface area contributed by atoms with E-state index in [4.69, 9.17) is 4.74 Å². The highest BCUT2D eigenvalue weighted by Crippen LogP contribution is 2.27. The molecule has 1 aromatic rings. The van der Waals surface area contributed by atoms with Crippen molar-refractivity contribution < 1.29 is 14.3 Å². The molecular formula is C19H25NO3S. The largest absolute Gasteiger partial charge is 0.452 e. The minimum atomic E-state index is -0.723. The van der Waals surface area contributed by atoms with Crippen LogP contribution in [0.15, 0.2) is 23.1 Å². The lowest BCUT2D eigenvalue weighted by Crippen LogP contribution is -2.41. The average Bonchev–Trinajstić information content (AvgIpc) is 3.23. The summed E-state index contributed by atoms with van der Waals surface area (Å²) >= 11 is 1.47. The fraction of sp³-hybridized carbons (Fsp3) is 0.579. The van der Waals surface area contributed by atoms with Crippen molar-refractivity contribution in [2.75, 3.05) is 5.75 Å². The SMILES string of the molecule is C[C@@H](OC(=O)CSc1ccc2c(c1)CCC2)C(=O)NC1CCCC1. The molecule has 0 spiro atoms. The van der Waals surface area contributed by atoms with Crippen LogP contribution in [-0.4, -0.2) is 29.8 Å². The molecular weight excluding hydrogens is 322 g/mol. The van der Waals surface area contributed by atoms with Gasteiger partial charge in [-0.1, -0.05) is 18.9 Å². The minimum absolute atomic E-state index is 0.183. The van der Waals surface area contributed by atoms with Gasteiger partial charge in [0.05, 0.1) is 5.75 Å². The molecule has 24 heavy (non-hydrogen) atoms. The second-order valence-electron chi connectivity index (χ2n) is 6.69. The predicted octanol–water partition coefficient (Wildman–Crippen LogP) is 3.26. The predicted molar refractivity (Wildman–Crippen MR) is 95.1 cm³/mol. The molecule has 3 rings (SSSR count). The van der Waals surface area contributed by atoms with Gasteiger partial charge in [0.1, 0.15) is 0 Å².